The molecule has 0 aliphatic rings. The van der Waals surface area contributed by atoms with Gasteiger partial charge in [-0.1, -0.05) is 0 Å². The van der Waals surface area contributed by atoms with Crippen LogP contribution in [0.1, 0.15) is 26.3 Å². The molecule has 0 unspecified atom stereocenters. The summed E-state index contributed by atoms with van der Waals surface area (Å²) >= 11 is 2.88. The van der Waals surface area contributed by atoms with Crippen LogP contribution < -0.4 is 0 Å². The number of hydrogen-bond acceptors (Lipinski definition) is 2. The topological polar surface area (TPSA) is 54.4 Å². The van der Waals surface area contributed by atoms with Crippen LogP contribution in [0.4, 0.5) is 13.2 Å². The Hall–Kier alpha value is -2.15. The Balaban J connectivity index is 2.59. The number of aromatic carboxylic acids is 1. The molecule has 7 heteroatoms. The van der Waals surface area contributed by atoms with Gasteiger partial charge >= 0.3 is 5.97 Å². The van der Waals surface area contributed by atoms with Gasteiger partial charge in [0, 0.05) is 11.1 Å². The van der Waals surface area contributed by atoms with Crippen molar-refractivity contribution in [1.82, 2.24) is 0 Å². The van der Waals surface area contributed by atoms with Gasteiger partial charge in [-0.05, 0) is 46.3 Å². The van der Waals surface area contributed by atoms with Crippen molar-refractivity contribution in [2.45, 2.75) is 0 Å². The normalized spacial score (nSPS) is 10.5. The average molecular weight is 359 g/mol. The van der Waals surface area contributed by atoms with Gasteiger partial charge in [0.1, 0.15) is 5.82 Å². The maximum absolute atomic E-state index is 13.3. The molecule has 0 bridgehead atoms. The zero-order valence-electron chi connectivity index (χ0n) is 10.2. The molecule has 0 saturated heterocycles. The number of carbonyl (C=O) groups excluding carboxylic acids is 1. The fraction of sp³-hybridized carbons (Fsp3) is 0. The van der Waals surface area contributed by atoms with Gasteiger partial charge in [0.25, 0.3) is 0 Å². The fourth-order valence-corrected chi connectivity index (χ4v) is 2.08. The van der Waals surface area contributed by atoms with Crippen molar-refractivity contribution >= 4 is 27.7 Å². The van der Waals surface area contributed by atoms with Gasteiger partial charge in [0.05, 0.1) is 10.0 Å². The van der Waals surface area contributed by atoms with E-state index in [1.165, 1.54) is 0 Å². The van der Waals surface area contributed by atoms with Crippen molar-refractivity contribution in [3.05, 3.63) is 68.9 Å². The highest BCUT2D eigenvalue weighted by Gasteiger charge is 2.22. The fourth-order valence-electron chi connectivity index (χ4n) is 1.70. The highest BCUT2D eigenvalue weighted by Crippen LogP contribution is 2.22. The second-order valence-corrected chi connectivity index (χ2v) is 4.93. The first kappa shape index (κ1) is 15.2. The van der Waals surface area contributed by atoms with Crippen LogP contribution in [-0.2, 0) is 0 Å². The van der Waals surface area contributed by atoms with Gasteiger partial charge in [-0.25, -0.2) is 18.0 Å². The van der Waals surface area contributed by atoms with E-state index in [2.05, 4.69) is 15.9 Å². The zero-order valence-corrected chi connectivity index (χ0v) is 11.7. The zero-order chi connectivity index (χ0) is 15.7. The summed E-state index contributed by atoms with van der Waals surface area (Å²) in [5.74, 6) is -5.76. The average Bonchev–Trinajstić information content (AvgIpc) is 2.43. The summed E-state index contributed by atoms with van der Waals surface area (Å²) in [5, 5.41) is 8.96. The van der Waals surface area contributed by atoms with Gasteiger partial charge in [0.2, 0.25) is 0 Å². The minimum atomic E-state index is -1.57. The summed E-state index contributed by atoms with van der Waals surface area (Å²) in [6.45, 7) is 0. The number of carboxylic acid groups (broad SMARTS) is 1. The van der Waals surface area contributed by atoms with Crippen LogP contribution in [0.15, 0.2) is 34.8 Å². The molecule has 0 saturated carbocycles. The highest BCUT2D eigenvalue weighted by molar-refractivity contribution is 9.10. The third kappa shape index (κ3) is 2.97. The van der Waals surface area contributed by atoms with Crippen LogP contribution in [0.2, 0.25) is 0 Å². The van der Waals surface area contributed by atoms with E-state index in [-0.39, 0.29) is 10.0 Å². The third-order valence-corrected chi connectivity index (χ3v) is 3.32. The second kappa shape index (κ2) is 5.69. The Bertz CT molecular complexity index is 759. The van der Waals surface area contributed by atoms with Crippen molar-refractivity contribution in [1.29, 1.82) is 0 Å². The Morgan fingerprint density at radius 1 is 0.905 bits per heavy atom. The number of carbonyl (C=O) groups is 2. The molecular formula is C14H6BrF3O3. The summed E-state index contributed by atoms with van der Waals surface area (Å²) in [5.41, 5.74) is -1.24. The molecule has 0 aliphatic heterocycles. The molecule has 2 aromatic carbocycles. The van der Waals surface area contributed by atoms with E-state index in [0.717, 1.165) is 18.2 Å². The van der Waals surface area contributed by atoms with E-state index in [9.17, 15) is 22.8 Å². The number of halogens is 4. The number of benzene rings is 2. The first-order valence-corrected chi connectivity index (χ1v) is 6.32. The van der Waals surface area contributed by atoms with Gasteiger partial charge < -0.3 is 5.11 Å². The molecule has 0 fully saturated rings. The lowest BCUT2D eigenvalue weighted by Gasteiger charge is -2.07. The predicted molar refractivity (Wildman–Crippen MR) is 70.8 cm³/mol. The molecule has 2 aromatic rings. The van der Waals surface area contributed by atoms with Gasteiger partial charge in [-0.15, -0.1) is 0 Å². The number of rotatable bonds is 3. The minimum absolute atomic E-state index is 0.00666. The van der Waals surface area contributed by atoms with Crippen LogP contribution in [-0.4, -0.2) is 16.9 Å². The Labute approximate surface area is 125 Å². The predicted octanol–water partition coefficient (Wildman–Crippen LogP) is 3.80. The second-order valence-electron chi connectivity index (χ2n) is 4.08. The van der Waals surface area contributed by atoms with Crippen molar-refractivity contribution in [2.24, 2.45) is 0 Å². The molecule has 108 valence electrons. The first-order valence-electron chi connectivity index (χ1n) is 5.53. The van der Waals surface area contributed by atoms with Crippen LogP contribution in [0, 0.1) is 17.5 Å². The molecule has 0 aromatic heterocycles. The number of ketones is 1. The van der Waals surface area contributed by atoms with Crippen LogP contribution in [0.25, 0.3) is 0 Å². The molecule has 0 heterocycles. The molecule has 2 rings (SSSR count). The van der Waals surface area contributed by atoms with Gasteiger partial charge in [-0.3, -0.25) is 4.79 Å². The van der Waals surface area contributed by atoms with E-state index in [1.54, 1.807) is 0 Å². The molecule has 0 spiro atoms. The van der Waals surface area contributed by atoms with E-state index < -0.39 is 40.3 Å². The molecule has 3 nitrogen and oxygen atoms in total. The van der Waals surface area contributed by atoms with Crippen LogP contribution in [0.3, 0.4) is 0 Å². The van der Waals surface area contributed by atoms with Crippen LogP contribution >= 0.6 is 15.9 Å². The van der Waals surface area contributed by atoms with Gasteiger partial charge in [0.15, 0.2) is 17.4 Å². The standard InChI is InChI=1S/C14H6BrF3O3/c15-9-3-6(1-2-10(9)16)13(19)7-4-11(17)12(18)5-8(7)14(20)21/h1-5H,(H,20,21). The largest absolute Gasteiger partial charge is 0.478 e. The lowest BCUT2D eigenvalue weighted by atomic mass is 9.98. The van der Waals surface area contributed by atoms with E-state index in [0.29, 0.717) is 12.1 Å². The first-order chi connectivity index (χ1) is 9.81. The highest BCUT2D eigenvalue weighted by atomic mass is 79.9. The quantitative estimate of drug-likeness (QED) is 0.849. The van der Waals surface area contributed by atoms with Crippen molar-refractivity contribution in [2.75, 3.05) is 0 Å². The van der Waals surface area contributed by atoms with Crippen molar-refractivity contribution in [3.8, 4) is 0 Å². The van der Waals surface area contributed by atoms with E-state index in [1.807, 2.05) is 0 Å². The smallest absolute Gasteiger partial charge is 0.336 e. The number of carboxylic acids is 1. The summed E-state index contributed by atoms with van der Waals surface area (Å²) in [4.78, 5) is 23.2. The lowest BCUT2D eigenvalue weighted by molar-refractivity contribution is 0.0692. The third-order valence-electron chi connectivity index (χ3n) is 2.72. The Morgan fingerprint density at radius 3 is 2.00 bits per heavy atom. The molecule has 1 N–H and O–H groups in total. The summed E-state index contributed by atoms with van der Waals surface area (Å²) in [6, 6.07) is 4.19. The maximum atomic E-state index is 13.3. The molecule has 0 atom stereocenters. The molecule has 21 heavy (non-hydrogen) atoms. The summed E-state index contributed by atoms with van der Waals surface area (Å²) in [6.07, 6.45) is 0. The molecule has 0 radical (unpaired) electrons. The summed E-state index contributed by atoms with van der Waals surface area (Å²) in [7, 11) is 0. The van der Waals surface area contributed by atoms with Crippen molar-refractivity contribution in [3.63, 3.8) is 0 Å². The monoisotopic (exact) mass is 358 g/mol. The van der Waals surface area contributed by atoms with Crippen LogP contribution in [0.5, 0.6) is 0 Å². The molecule has 0 aliphatic carbocycles. The lowest BCUT2D eigenvalue weighted by Crippen LogP contribution is -2.11. The van der Waals surface area contributed by atoms with Crippen molar-refractivity contribution < 1.29 is 27.9 Å². The Kier molecular flexibility index (Phi) is 4.13. The SMILES string of the molecule is O=C(O)c1cc(F)c(F)cc1C(=O)c1ccc(F)c(Br)c1. The van der Waals surface area contributed by atoms with Gasteiger partial charge in [-0.2, -0.15) is 0 Å². The molecular weight excluding hydrogens is 353 g/mol. The maximum Gasteiger partial charge on any atom is 0.336 e. The molecule has 0 amide bonds. The Morgan fingerprint density at radius 2 is 1.48 bits per heavy atom. The van der Waals surface area contributed by atoms with E-state index >= 15 is 0 Å². The summed E-state index contributed by atoms with van der Waals surface area (Å²) < 4.78 is 39.5. The number of hydrogen-bond donors (Lipinski definition) is 1. The van der Waals surface area contributed by atoms with E-state index in [4.69, 9.17) is 5.11 Å². The minimum Gasteiger partial charge on any atom is -0.478 e.